The van der Waals surface area contributed by atoms with Gasteiger partial charge < -0.3 is 5.32 Å². The number of benzene rings is 1. The topological polar surface area (TPSA) is 95.6 Å². The Hall–Kier alpha value is -1.16. The van der Waals surface area contributed by atoms with Crippen LogP contribution < -0.4 is 10.6 Å². The molecule has 0 saturated carbocycles. The van der Waals surface area contributed by atoms with E-state index in [1.807, 2.05) is 0 Å². The second-order valence-electron chi connectivity index (χ2n) is 5.47. The quantitative estimate of drug-likeness (QED) is 0.706. The highest BCUT2D eigenvalue weighted by Crippen LogP contribution is 2.32. The van der Waals surface area contributed by atoms with Gasteiger partial charge in [0.15, 0.2) is 0 Å². The van der Waals surface area contributed by atoms with E-state index in [9.17, 15) is 18.0 Å². The van der Waals surface area contributed by atoms with E-state index in [1.165, 1.54) is 16.4 Å². The zero-order chi connectivity index (χ0) is 16.8. The number of piperidine rings is 1. The maximum Gasteiger partial charge on any atom is 0.322 e. The summed E-state index contributed by atoms with van der Waals surface area (Å²) in [6.07, 6.45) is 0.440. The average Bonchev–Trinajstić information content (AvgIpc) is 2.73. The Morgan fingerprint density at radius 1 is 1.22 bits per heavy atom. The number of nitrogens with one attached hydrogen (secondary N) is 2. The van der Waals surface area contributed by atoms with Crippen LogP contribution in [0.1, 0.15) is 12.8 Å². The van der Waals surface area contributed by atoms with Gasteiger partial charge in [-0.2, -0.15) is 4.31 Å². The molecular weight excluding hydrogens is 410 g/mol. The van der Waals surface area contributed by atoms with E-state index in [-0.39, 0.29) is 35.8 Å². The van der Waals surface area contributed by atoms with Crippen LogP contribution in [0.3, 0.4) is 0 Å². The van der Waals surface area contributed by atoms with Gasteiger partial charge in [-0.15, -0.1) is 0 Å². The van der Waals surface area contributed by atoms with E-state index < -0.39 is 27.5 Å². The Bertz CT molecular complexity index is 790. The maximum atomic E-state index is 12.7. The molecule has 0 aliphatic carbocycles. The maximum absolute atomic E-state index is 12.7. The van der Waals surface area contributed by atoms with Crippen molar-refractivity contribution in [2.75, 3.05) is 13.1 Å². The van der Waals surface area contributed by atoms with Gasteiger partial charge in [0, 0.05) is 17.6 Å². The summed E-state index contributed by atoms with van der Waals surface area (Å²) < 4.78 is 27.4. The highest BCUT2D eigenvalue weighted by Gasteiger charge is 2.49. The molecule has 0 atom stereocenters. The van der Waals surface area contributed by atoms with Gasteiger partial charge in [0.2, 0.25) is 10.0 Å². The Morgan fingerprint density at radius 2 is 1.87 bits per heavy atom. The number of carbonyl (C=O) groups excluding carboxylic acids is 2. The summed E-state index contributed by atoms with van der Waals surface area (Å²) in [5.41, 5.74) is -1.01. The molecule has 0 unspecified atom stereocenters. The molecule has 1 spiro atoms. The van der Waals surface area contributed by atoms with Crippen molar-refractivity contribution in [2.24, 2.45) is 0 Å². The van der Waals surface area contributed by atoms with E-state index in [2.05, 4.69) is 26.6 Å². The SMILES string of the molecule is O=C1NC(=O)C2(CCN(S(=O)(=O)c3ccc(Br)cc3Cl)CC2)N1. The largest absolute Gasteiger partial charge is 0.323 e. The molecule has 2 aliphatic rings. The van der Waals surface area contributed by atoms with Gasteiger partial charge in [0.05, 0.1) is 5.02 Å². The number of amides is 3. The second kappa shape index (κ2) is 5.73. The lowest BCUT2D eigenvalue weighted by Gasteiger charge is -2.36. The van der Waals surface area contributed by atoms with Crippen LogP contribution in [0.5, 0.6) is 0 Å². The van der Waals surface area contributed by atoms with Gasteiger partial charge in [0.25, 0.3) is 5.91 Å². The molecule has 0 radical (unpaired) electrons. The third-order valence-electron chi connectivity index (χ3n) is 4.10. The number of rotatable bonds is 2. The molecule has 1 aromatic carbocycles. The minimum atomic E-state index is -3.75. The first-order chi connectivity index (χ1) is 10.7. The molecule has 0 aromatic heterocycles. The summed E-state index contributed by atoms with van der Waals surface area (Å²) in [7, 11) is -3.75. The van der Waals surface area contributed by atoms with Gasteiger partial charge in [-0.05, 0) is 31.0 Å². The summed E-state index contributed by atoms with van der Waals surface area (Å²) in [4.78, 5) is 23.2. The van der Waals surface area contributed by atoms with Gasteiger partial charge in [0.1, 0.15) is 10.4 Å². The van der Waals surface area contributed by atoms with Gasteiger partial charge in [-0.3, -0.25) is 10.1 Å². The Kier molecular flexibility index (Phi) is 4.16. The molecule has 2 aliphatic heterocycles. The molecule has 2 N–H and O–H groups in total. The summed E-state index contributed by atoms with van der Waals surface area (Å²) >= 11 is 9.27. The Balaban J connectivity index is 1.82. The lowest BCUT2D eigenvalue weighted by Crippen LogP contribution is -2.55. The second-order valence-corrected chi connectivity index (χ2v) is 8.70. The lowest BCUT2D eigenvalue weighted by atomic mass is 9.89. The van der Waals surface area contributed by atoms with Crippen molar-refractivity contribution in [3.63, 3.8) is 0 Å². The predicted molar refractivity (Wildman–Crippen MR) is 86.6 cm³/mol. The average molecular weight is 423 g/mol. The highest BCUT2D eigenvalue weighted by atomic mass is 79.9. The third kappa shape index (κ3) is 2.86. The predicted octanol–water partition coefficient (Wildman–Crippen LogP) is 1.47. The molecule has 1 aromatic rings. The first-order valence-electron chi connectivity index (χ1n) is 6.83. The molecule has 124 valence electrons. The number of carbonyl (C=O) groups is 2. The number of hydrogen-bond donors (Lipinski definition) is 2. The van der Waals surface area contributed by atoms with Crippen LogP contribution in [-0.4, -0.2) is 43.3 Å². The molecule has 3 rings (SSSR count). The van der Waals surface area contributed by atoms with Crippen molar-refractivity contribution in [2.45, 2.75) is 23.3 Å². The number of sulfonamides is 1. The third-order valence-corrected chi connectivity index (χ3v) is 6.98. The van der Waals surface area contributed by atoms with Gasteiger partial charge in [-0.1, -0.05) is 27.5 Å². The highest BCUT2D eigenvalue weighted by molar-refractivity contribution is 9.10. The summed E-state index contributed by atoms with van der Waals surface area (Å²) in [5.74, 6) is -0.402. The van der Waals surface area contributed by atoms with Gasteiger partial charge >= 0.3 is 6.03 Å². The fourth-order valence-electron chi connectivity index (χ4n) is 2.81. The molecule has 2 saturated heterocycles. The smallest absolute Gasteiger partial charge is 0.322 e. The fraction of sp³-hybridized carbons (Fsp3) is 0.385. The van der Waals surface area contributed by atoms with E-state index in [4.69, 9.17) is 11.6 Å². The van der Waals surface area contributed by atoms with Crippen LogP contribution in [0.2, 0.25) is 5.02 Å². The van der Waals surface area contributed by atoms with E-state index >= 15 is 0 Å². The molecule has 7 nitrogen and oxygen atoms in total. The number of halogens is 2. The fourth-order valence-corrected chi connectivity index (χ4v) is 5.26. The van der Waals surface area contributed by atoms with E-state index in [0.717, 1.165) is 0 Å². The monoisotopic (exact) mass is 421 g/mol. The minimum Gasteiger partial charge on any atom is -0.323 e. The summed E-state index contributed by atoms with van der Waals surface area (Å²) in [6, 6.07) is 4.03. The molecule has 2 fully saturated rings. The lowest BCUT2D eigenvalue weighted by molar-refractivity contribution is -0.125. The van der Waals surface area contributed by atoms with Crippen molar-refractivity contribution >= 4 is 49.5 Å². The summed E-state index contributed by atoms with van der Waals surface area (Å²) in [5, 5.41) is 4.92. The van der Waals surface area contributed by atoms with Crippen molar-refractivity contribution in [3.8, 4) is 0 Å². The van der Waals surface area contributed by atoms with Crippen molar-refractivity contribution in [3.05, 3.63) is 27.7 Å². The number of imide groups is 1. The van der Waals surface area contributed by atoms with E-state index in [0.29, 0.717) is 4.47 Å². The molecular formula is C13H13BrClN3O4S. The van der Waals surface area contributed by atoms with Crippen LogP contribution >= 0.6 is 27.5 Å². The molecule has 23 heavy (non-hydrogen) atoms. The zero-order valence-electron chi connectivity index (χ0n) is 11.8. The number of urea groups is 1. The number of nitrogens with zero attached hydrogens (tertiary/aromatic N) is 1. The van der Waals surface area contributed by atoms with Crippen LogP contribution in [0.15, 0.2) is 27.6 Å². The van der Waals surface area contributed by atoms with Gasteiger partial charge in [-0.25, -0.2) is 13.2 Å². The zero-order valence-corrected chi connectivity index (χ0v) is 15.0. The molecule has 2 heterocycles. The molecule has 10 heteroatoms. The normalized spacial score (nSPS) is 21.3. The first-order valence-corrected chi connectivity index (χ1v) is 9.44. The first kappa shape index (κ1) is 16.7. The van der Waals surface area contributed by atoms with Crippen molar-refractivity contribution in [1.82, 2.24) is 14.9 Å². The van der Waals surface area contributed by atoms with Crippen LogP contribution in [0.25, 0.3) is 0 Å². The van der Waals surface area contributed by atoms with Crippen molar-refractivity contribution < 1.29 is 18.0 Å². The summed E-state index contributed by atoms with van der Waals surface area (Å²) in [6.45, 7) is 0.255. The van der Waals surface area contributed by atoms with Crippen molar-refractivity contribution in [1.29, 1.82) is 0 Å². The van der Waals surface area contributed by atoms with Crippen LogP contribution in [0, 0.1) is 0 Å². The number of hydrogen-bond acceptors (Lipinski definition) is 4. The van der Waals surface area contributed by atoms with Crippen LogP contribution in [0.4, 0.5) is 4.79 Å². The molecule has 3 amide bonds. The Labute approximate surface area is 146 Å². The minimum absolute atomic E-state index is 0.0261. The standard InChI is InChI=1S/C13H13BrClN3O4S/c14-8-1-2-10(9(15)7-8)23(21,22)18-5-3-13(4-6-18)11(19)16-12(20)17-13/h1-2,7H,3-6H2,(H2,16,17,19,20). The Morgan fingerprint density at radius 3 is 2.39 bits per heavy atom. The van der Waals surface area contributed by atoms with Crippen LogP contribution in [-0.2, 0) is 14.8 Å². The molecule has 0 bridgehead atoms. The van der Waals surface area contributed by atoms with E-state index in [1.54, 1.807) is 6.07 Å².